The van der Waals surface area contributed by atoms with Gasteiger partial charge in [0.25, 0.3) is 0 Å². The maximum absolute atomic E-state index is 10.8. The van der Waals surface area contributed by atoms with Gasteiger partial charge in [-0.05, 0) is 19.1 Å². The minimum Gasteiger partial charge on any atom is -0.488 e. The molecular weight excluding hydrogens is 229 g/mol. The molecule has 1 aromatic rings. The van der Waals surface area contributed by atoms with Crippen molar-refractivity contribution in [1.82, 2.24) is 0 Å². The highest BCUT2D eigenvalue weighted by Crippen LogP contribution is 2.26. The molecule has 0 aliphatic rings. The lowest BCUT2D eigenvalue weighted by Gasteiger charge is -2.06. The molecule has 0 fully saturated rings. The van der Waals surface area contributed by atoms with Gasteiger partial charge in [-0.15, -0.1) is 0 Å². The Kier molecular flexibility index (Phi) is 4.49. The number of nitrogens with two attached hydrogens (primary N) is 2. The van der Waals surface area contributed by atoms with Gasteiger partial charge in [-0.2, -0.15) is 0 Å². The zero-order valence-electron chi connectivity index (χ0n) is 8.87. The second kappa shape index (κ2) is 5.65. The molecule has 4 N–H and O–H groups in total. The van der Waals surface area contributed by atoms with Gasteiger partial charge >= 0.3 is 7.67 Å². The summed E-state index contributed by atoms with van der Waals surface area (Å²) in [5.41, 5.74) is 10.4. The van der Waals surface area contributed by atoms with Crippen LogP contribution in [-0.2, 0) is 9.19 Å². The van der Waals surface area contributed by atoms with Crippen LogP contribution in [0.2, 0.25) is 0 Å². The van der Waals surface area contributed by atoms with E-state index in [0.29, 0.717) is 11.5 Å². The first kappa shape index (κ1) is 12.7. The van der Waals surface area contributed by atoms with E-state index in [1.807, 2.05) is 30.3 Å². The first-order chi connectivity index (χ1) is 7.47. The monoisotopic (exact) mass is 243 g/mol. The molecular formula is C9H14N3O3P. The van der Waals surface area contributed by atoms with Gasteiger partial charge in [0.15, 0.2) is 0 Å². The van der Waals surface area contributed by atoms with Crippen LogP contribution in [0, 0.1) is 0 Å². The third-order valence-corrected chi connectivity index (χ3v) is 1.85. The molecule has 16 heavy (non-hydrogen) atoms. The molecule has 0 unspecified atom stereocenters. The molecule has 1 aromatic carbocycles. The molecule has 0 aliphatic carbocycles. The average molecular weight is 243 g/mol. The van der Waals surface area contributed by atoms with Gasteiger partial charge in [0.05, 0.1) is 5.71 Å². The van der Waals surface area contributed by atoms with Crippen LogP contribution < -0.4 is 15.7 Å². The molecule has 0 heterocycles. The van der Waals surface area contributed by atoms with Crippen molar-refractivity contribution in [3.63, 3.8) is 0 Å². The van der Waals surface area contributed by atoms with Gasteiger partial charge in [-0.1, -0.05) is 23.4 Å². The summed E-state index contributed by atoms with van der Waals surface area (Å²) >= 11 is 0. The Morgan fingerprint density at radius 1 is 1.38 bits per heavy atom. The third-order valence-electron chi connectivity index (χ3n) is 1.52. The average Bonchev–Trinajstić information content (AvgIpc) is 2.24. The zero-order valence-corrected chi connectivity index (χ0v) is 9.76. The Balaban J connectivity index is 2.41. The lowest BCUT2D eigenvalue weighted by molar-refractivity contribution is 0.322. The van der Waals surface area contributed by atoms with Gasteiger partial charge in [-0.3, -0.25) is 0 Å². The molecule has 0 amide bonds. The molecule has 0 saturated heterocycles. The number of hydrogen-bond donors (Lipinski definition) is 2. The van der Waals surface area contributed by atoms with E-state index >= 15 is 0 Å². The van der Waals surface area contributed by atoms with Crippen LogP contribution in [0.3, 0.4) is 0 Å². The van der Waals surface area contributed by atoms with Crippen LogP contribution in [0.25, 0.3) is 0 Å². The van der Waals surface area contributed by atoms with E-state index in [-0.39, 0.29) is 6.61 Å². The molecule has 0 aliphatic heterocycles. The normalized spacial score (nSPS) is 12.3. The highest BCUT2D eigenvalue weighted by Gasteiger charge is 2.08. The number of rotatable bonds is 5. The molecule has 1 rings (SSSR count). The van der Waals surface area contributed by atoms with Crippen molar-refractivity contribution < 1.29 is 13.9 Å². The van der Waals surface area contributed by atoms with Crippen molar-refractivity contribution in [2.75, 3.05) is 6.61 Å². The number of oxime groups is 1. The van der Waals surface area contributed by atoms with Crippen molar-refractivity contribution in [2.24, 2.45) is 16.2 Å². The minimum atomic E-state index is -3.56. The van der Waals surface area contributed by atoms with Crippen molar-refractivity contribution in [1.29, 1.82) is 0 Å². The summed E-state index contributed by atoms with van der Waals surface area (Å²) in [6.45, 7) is 1.86. The Labute approximate surface area is 93.8 Å². The number of hydrogen-bond acceptors (Lipinski definition) is 4. The first-order valence-electron chi connectivity index (χ1n) is 4.54. The van der Waals surface area contributed by atoms with Gasteiger partial charge in [0.1, 0.15) is 12.4 Å². The van der Waals surface area contributed by atoms with Crippen LogP contribution in [0.5, 0.6) is 5.75 Å². The van der Waals surface area contributed by atoms with E-state index in [2.05, 4.69) is 9.78 Å². The predicted octanol–water partition coefficient (Wildman–Crippen LogP) is 1.48. The fourth-order valence-electron chi connectivity index (χ4n) is 0.864. The maximum Gasteiger partial charge on any atom is 0.405 e. The molecule has 0 bridgehead atoms. The molecule has 0 aromatic heterocycles. The summed E-state index contributed by atoms with van der Waals surface area (Å²) < 4.78 is 20.5. The summed E-state index contributed by atoms with van der Waals surface area (Å²) in [4.78, 5) is 0. The van der Waals surface area contributed by atoms with Crippen molar-refractivity contribution >= 4 is 13.4 Å². The zero-order chi connectivity index (χ0) is 12.0. The molecule has 0 radical (unpaired) electrons. The van der Waals surface area contributed by atoms with E-state index < -0.39 is 7.67 Å². The Bertz CT molecular complexity index is 402. The molecule has 0 saturated carbocycles. The van der Waals surface area contributed by atoms with Gasteiger partial charge in [-0.25, -0.2) is 15.6 Å². The van der Waals surface area contributed by atoms with E-state index in [9.17, 15) is 4.57 Å². The summed E-state index contributed by atoms with van der Waals surface area (Å²) in [5, 5.41) is 3.49. The standard InChI is InChI=1S/C9H14N3O3P/c1-8(12-15-16(10,11)13)7-14-9-5-3-2-4-6-9/h2-6H,7H2,1H3,(H4,10,11,13)/b12-8+. The second-order valence-electron chi connectivity index (χ2n) is 3.16. The highest BCUT2D eigenvalue weighted by molar-refractivity contribution is 7.53. The van der Waals surface area contributed by atoms with Crippen LogP contribution in [0.1, 0.15) is 6.92 Å². The minimum absolute atomic E-state index is 0.212. The van der Waals surface area contributed by atoms with Gasteiger partial charge in [0, 0.05) is 0 Å². The Hall–Kier alpha value is -1.36. The van der Waals surface area contributed by atoms with E-state index in [1.165, 1.54) is 0 Å². The lowest BCUT2D eigenvalue weighted by Crippen LogP contribution is -2.10. The SMILES string of the molecule is C/C(COc1ccccc1)=N\OP(N)(N)=O. The summed E-state index contributed by atoms with van der Waals surface area (Å²) in [6, 6.07) is 9.21. The Morgan fingerprint density at radius 2 is 2.00 bits per heavy atom. The fourth-order valence-corrected chi connectivity index (χ4v) is 1.13. The first-order valence-corrected chi connectivity index (χ1v) is 6.31. The lowest BCUT2D eigenvalue weighted by atomic mass is 10.3. The van der Waals surface area contributed by atoms with Crippen LogP contribution in [-0.4, -0.2) is 12.3 Å². The number of para-hydroxylation sites is 1. The van der Waals surface area contributed by atoms with Crippen molar-refractivity contribution in [3.8, 4) is 5.75 Å². The maximum atomic E-state index is 10.8. The smallest absolute Gasteiger partial charge is 0.405 e. The number of benzene rings is 1. The van der Waals surface area contributed by atoms with Crippen molar-refractivity contribution in [3.05, 3.63) is 30.3 Å². The van der Waals surface area contributed by atoms with Crippen molar-refractivity contribution in [2.45, 2.75) is 6.92 Å². The third kappa shape index (κ3) is 5.50. The summed E-state index contributed by atoms with van der Waals surface area (Å²) in [6.07, 6.45) is 0. The molecule has 0 spiro atoms. The topological polar surface area (TPSA) is 99.9 Å². The number of nitrogens with zero attached hydrogens (tertiary/aromatic N) is 1. The summed E-state index contributed by atoms with van der Waals surface area (Å²) in [7, 11) is -3.56. The van der Waals surface area contributed by atoms with E-state index in [0.717, 1.165) is 0 Å². The summed E-state index contributed by atoms with van der Waals surface area (Å²) in [5.74, 6) is 0.709. The van der Waals surface area contributed by atoms with Gasteiger partial charge < -0.3 is 9.36 Å². The van der Waals surface area contributed by atoms with Gasteiger partial charge in [0.2, 0.25) is 0 Å². The number of ether oxygens (including phenoxy) is 1. The van der Waals surface area contributed by atoms with Crippen LogP contribution >= 0.6 is 7.67 Å². The second-order valence-corrected chi connectivity index (χ2v) is 4.61. The predicted molar refractivity (Wildman–Crippen MR) is 62.1 cm³/mol. The van der Waals surface area contributed by atoms with E-state index in [1.54, 1.807) is 6.92 Å². The molecule has 0 atom stereocenters. The quantitative estimate of drug-likeness (QED) is 0.463. The van der Waals surface area contributed by atoms with Crippen LogP contribution in [0.15, 0.2) is 35.5 Å². The fraction of sp³-hybridized carbons (Fsp3) is 0.222. The molecule has 7 heteroatoms. The van der Waals surface area contributed by atoms with E-state index in [4.69, 9.17) is 15.7 Å². The highest BCUT2D eigenvalue weighted by atomic mass is 31.2. The Morgan fingerprint density at radius 3 is 2.56 bits per heavy atom. The van der Waals surface area contributed by atoms with Crippen LogP contribution in [0.4, 0.5) is 0 Å². The molecule has 6 nitrogen and oxygen atoms in total. The molecule has 88 valence electrons. The largest absolute Gasteiger partial charge is 0.488 e.